The van der Waals surface area contributed by atoms with E-state index in [-0.39, 0.29) is 91.1 Å². The van der Waals surface area contributed by atoms with E-state index < -0.39 is 39.9 Å². The van der Waals surface area contributed by atoms with Crippen LogP contribution < -0.4 is 55.0 Å². The van der Waals surface area contributed by atoms with Gasteiger partial charge in [-0.15, -0.1) is 0 Å². The van der Waals surface area contributed by atoms with Crippen LogP contribution in [-0.4, -0.2) is 79.6 Å². The zero-order chi connectivity index (χ0) is 67.1. The Morgan fingerprint density at radius 2 is 0.630 bits per heavy atom. The minimum atomic E-state index is -1.14. The van der Waals surface area contributed by atoms with Gasteiger partial charge in [-0.3, -0.25) is 87.0 Å². The van der Waals surface area contributed by atoms with Crippen LogP contribution in [0, 0.1) is 27.7 Å². The number of nitrogens with two attached hydrogens (primary N) is 2. The van der Waals surface area contributed by atoms with Crippen molar-refractivity contribution in [1.82, 2.24) is 59.5 Å². The first-order chi connectivity index (χ1) is 43.5. The Hall–Kier alpha value is -10.0. The molecule has 0 saturated carbocycles. The van der Waals surface area contributed by atoms with E-state index in [1.165, 1.54) is 13.7 Å². The lowest BCUT2D eigenvalue weighted by atomic mass is 9.89. The first kappa shape index (κ1) is 66.4. The van der Waals surface area contributed by atoms with Crippen molar-refractivity contribution in [2.45, 2.75) is 169 Å². The predicted octanol–water partition coefficient (Wildman–Crippen LogP) is 4.46. The van der Waals surface area contributed by atoms with Crippen molar-refractivity contribution in [3.8, 4) is 0 Å². The van der Waals surface area contributed by atoms with Crippen LogP contribution in [0.1, 0.15) is 138 Å². The Morgan fingerprint density at radius 3 is 0.870 bits per heavy atom. The number of hydrogen-bond donors (Lipinski definition) is 6. The maximum atomic E-state index is 13.2. The zero-order valence-electron chi connectivity index (χ0n) is 53.3. The second kappa shape index (κ2) is 25.7. The Bertz CT molecular complexity index is 4130. The molecule has 8 aromatic rings. The molecule has 0 unspecified atom stereocenters. The molecule has 8 heterocycles. The van der Waals surface area contributed by atoms with Gasteiger partial charge < -0.3 is 16.8 Å². The first-order valence-electron chi connectivity index (χ1n) is 30.5. The second-order valence-corrected chi connectivity index (χ2v) is 24.3. The molecule has 480 valence electrons. The minimum absolute atomic E-state index is 0.143. The smallest absolute Gasteiger partial charge is 0.262 e. The van der Waals surface area contributed by atoms with Gasteiger partial charge in [-0.05, 0) is 147 Å². The average molecular weight is 1250 g/mol. The quantitative estimate of drug-likeness (QED) is 0.114. The van der Waals surface area contributed by atoms with E-state index in [0.29, 0.717) is 109 Å². The summed E-state index contributed by atoms with van der Waals surface area (Å²) in [6.07, 6.45) is 4.04. The van der Waals surface area contributed by atoms with Gasteiger partial charge in [0.2, 0.25) is 23.6 Å². The fourth-order valence-corrected chi connectivity index (χ4v) is 13.0. The molecule has 8 N–H and O–H groups in total. The summed E-state index contributed by atoms with van der Waals surface area (Å²) >= 11 is 0. The molecule has 25 nitrogen and oxygen atoms in total. The number of nitrogens with one attached hydrogen (secondary N) is 4. The van der Waals surface area contributed by atoms with Crippen molar-refractivity contribution in [2.75, 3.05) is 0 Å². The molecule has 12 rings (SSSR count). The maximum absolute atomic E-state index is 13.2. The van der Waals surface area contributed by atoms with Crippen molar-refractivity contribution in [1.29, 1.82) is 0 Å². The number of benzene rings is 4. The fraction of sp³-hybridized carbons (Fsp3) is 0.388. The summed E-state index contributed by atoms with van der Waals surface area (Å²) in [5.41, 5.74) is 12.5. The third kappa shape index (κ3) is 11.8. The summed E-state index contributed by atoms with van der Waals surface area (Å²) in [5, 5.41) is 11.7. The van der Waals surface area contributed by atoms with E-state index in [1.54, 1.807) is 102 Å². The minimum Gasteiger partial charge on any atom is -0.328 e. The number of fused-ring (bicyclic) bond motifs is 4. The van der Waals surface area contributed by atoms with Crippen molar-refractivity contribution >= 4 is 85.0 Å². The molecule has 0 bridgehead atoms. The summed E-state index contributed by atoms with van der Waals surface area (Å²) < 4.78 is 5.76. The van der Waals surface area contributed by atoms with Crippen LogP contribution in [0.15, 0.2) is 104 Å². The molecule has 0 spiro atoms. The molecule has 0 aliphatic carbocycles. The van der Waals surface area contributed by atoms with E-state index in [1.807, 2.05) is 44.2 Å². The molecule has 4 fully saturated rings. The first-order valence-corrected chi connectivity index (χ1v) is 30.5. The molecule has 4 atom stereocenters. The van der Waals surface area contributed by atoms with Crippen molar-refractivity contribution in [2.24, 2.45) is 11.5 Å². The van der Waals surface area contributed by atoms with Crippen LogP contribution in [0.25, 0.3) is 43.6 Å². The lowest BCUT2D eigenvalue weighted by Crippen LogP contribution is -2.56. The van der Waals surface area contributed by atoms with Gasteiger partial charge >= 0.3 is 0 Å². The maximum Gasteiger partial charge on any atom is 0.262 e. The lowest BCUT2D eigenvalue weighted by Gasteiger charge is -2.36. The molecule has 4 aromatic carbocycles. The van der Waals surface area contributed by atoms with Gasteiger partial charge in [0.05, 0.1) is 43.6 Å². The Balaban J connectivity index is 0.000000145. The monoisotopic (exact) mass is 1250 g/mol. The summed E-state index contributed by atoms with van der Waals surface area (Å²) in [7, 11) is 0. The highest BCUT2D eigenvalue weighted by atomic mass is 16.2. The van der Waals surface area contributed by atoms with E-state index in [2.05, 4.69) is 47.8 Å². The van der Waals surface area contributed by atoms with Crippen LogP contribution in [-0.2, 0) is 81.6 Å². The highest BCUT2D eigenvalue weighted by Crippen LogP contribution is 2.32. The number of nitrogens with zero attached hydrogens (tertiary/aromatic N) is 8. The highest BCUT2D eigenvalue weighted by molar-refractivity contribution is 6.03. The SMILES string of the molecule is C=C1CC[C@](C)(n2c(C)nc3cccc(CC)c3c2=O)C(=O)N1.CCc1cccc2nc(C)n([C@]3(C)CCC(=O)NC3=O)c(=O)c12.Cc1nc2cccc(CN)c2c(=O)n1[C@@]1(C)CCC(=O)NC1=O.Cc1nc2cccc(CN)c2c(=O)n1[C@]1(C)CCC(=O)NC1=O. The molecule has 92 heavy (non-hydrogen) atoms. The van der Waals surface area contributed by atoms with E-state index in [9.17, 15) is 52.7 Å². The number of aromatic nitrogens is 8. The third-order valence-corrected chi connectivity index (χ3v) is 18.2. The number of rotatable bonds is 8. The summed E-state index contributed by atoms with van der Waals surface area (Å²) in [6, 6.07) is 21.9. The van der Waals surface area contributed by atoms with Crippen LogP contribution in [0.4, 0.5) is 0 Å². The Morgan fingerprint density at radius 1 is 0.391 bits per heavy atom. The molecule has 0 radical (unpaired) electrons. The summed E-state index contributed by atoms with van der Waals surface area (Å²) in [5.74, 6) is -0.667. The predicted molar refractivity (Wildman–Crippen MR) is 346 cm³/mol. The standard InChI is InChI=1S/C18H21N3O2.C17H19N3O3.2C16H18N4O3/c1-5-13-7-6-8-14-15(13)16(22)21(12(3)20-14)18(4)10-9-11(2)19-17(18)23;1-4-11-6-5-7-12-14(11)15(22)20(10(2)18-12)17(3)9-8-13(21)19-16(17)23;2*1-9-18-11-5-3-4-10(8-17)13(11)14(22)20(9)16(2)7-6-12(21)19-15(16)23/h6-8H,2,5,9-10H2,1,3-4H3,(H,19,23);5-7H,4,8-9H2,1-3H3,(H,19,21,23);2*3-5H,6-8,17H2,1-2H3,(H,19,21,23)/t18-;17-;2*16-/m0110/s1. The van der Waals surface area contributed by atoms with E-state index in [4.69, 9.17) is 11.5 Å². The number of hydrogen-bond acceptors (Lipinski definition) is 17. The Kier molecular flexibility index (Phi) is 18.6. The van der Waals surface area contributed by atoms with Crippen LogP contribution in [0.5, 0.6) is 0 Å². The van der Waals surface area contributed by atoms with Crippen LogP contribution in [0.2, 0.25) is 0 Å². The number of amides is 7. The molecular formula is C67H76N14O11. The van der Waals surface area contributed by atoms with Gasteiger partial charge in [-0.2, -0.15) is 0 Å². The normalized spacial score (nSPS) is 21.5. The van der Waals surface area contributed by atoms with E-state index in [0.717, 1.165) is 17.5 Å². The summed E-state index contributed by atoms with van der Waals surface area (Å²) in [4.78, 5) is 154. The number of imide groups is 3. The third-order valence-electron chi connectivity index (χ3n) is 18.2. The number of allylic oxidation sites excluding steroid dienone is 1. The van der Waals surface area contributed by atoms with Crippen molar-refractivity contribution in [3.63, 3.8) is 0 Å². The second-order valence-electron chi connectivity index (χ2n) is 24.3. The average Bonchev–Trinajstić information content (AvgIpc) is 0.769. The largest absolute Gasteiger partial charge is 0.328 e. The van der Waals surface area contributed by atoms with Gasteiger partial charge in [0.15, 0.2) is 0 Å². The number of piperidine rings is 4. The van der Waals surface area contributed by atoms with Crippen molar-refractivity contribution in [3.05, 3.63) is 172 Å². The Labute approximate surface area is 528 Å². The lowest BCUT2D eigenvalue weighted by molar-refractivity contribution is -0.141. The molecule has 4 aliphatic heterocycles. The van der Waals surface area contributed by atoms with Crippen molar-refractivity contribution < 1.29 is 33.6 Å². The van der Waals surface area contributed by atoms with Gasteiger partial charge in [-0.25, -0.2) is 19.9 Å². The van der Waals surface area contributed by atoms with E-state index >= 15 is 0 Å². The van der Waals surface area contributed by atoms with Gasteiger partial charge in [0, 0.05) is 38.0 Å². The molecule has 25 heteroatoms. The topological polar surface area (TPSA) is 359 Å². The molecule has 4 aliphatic rings. The molecule has 4 saturated heterocycles. The van der Waals surface area contributed by atoms with Crippen LogP contribution in [0.3, 0.4) is 0 Å². The number of carbonyl (C=O) groups is 7. The van der Waals surface area contributed by atoms with Gasteiger partial charge in [0.25, 0.3) is 40.0 Å². The fourth-order valence-electron chi connectivity index (χ4n) is 13.0. The van der Waals surface area contributed by atoms with Crippen LogP contribution >= 0.6 is 0 Å². The molecule has 4 aromatic heterocycles. The summed E-state index contributed by atoms with van der Waals surface area (Å²) in [6.45, 7) is 21.9. The van der Waals surface area contributed by atoms with Gasteiger partial charge in [0.1, 0.15) is 45.5 Å². The molecule has 7 amide bonds. The number of aryl methyl sites for hydroxylation is 6. The number of carbonyl (C=O) groups excluding carboxylic acids is 7. The highest BCUT2D eigenvalue weighted by Gasteiger charge is 2.46. The van der Waals surface area contributed by atoms with Gasteiger partial charge in [-0.1, -0.05) is 69.0 Å². The zero-order valence-corrected chi connectivity index (χ0v) is 53.3. The molecular weight excluding hydrogens is 1180 g/mol.